The lowest BCUT2D eigenvalue weighted by molar-refractivity contribution is 0.344. The minimum Gasteiger partial charge on any atom is -0.300 e. The second-order valence-electron chi connectivity index (χ2n) is 2.55. The average Bonchev–Trinajstić information content (AvgIpc) is 2.35. The van der Waals surface area contributed by atoms with Gasteiger partial charge in [-0.2, -0.15) is 0 Å². The van der Waals surface area contributed by atoms with Gasteiger partial charge in [-0.3, -0.25) is 4.90 Å². The minimum atomic E-state index is 0.919. The Morgan fingerprint density at radius 3 is 2.64 bits per heavy atom. The molecule has 1 aromatic heterocycles. The second kappa shape index (κ2) is 3.78. The molecule has 0 radical (unpaired) electrons. The molecular formula is C7H13N3S. The molecule has 0 N–H and O–H groups in total. The topological polar surface area (TPSA) is 29.0 Å². The molecule has 3 nitrogen and oxygen atoms in total. The van der Waals surface area contributed by atoms with Gasteiger partial charge in [-0.05, 0) is 20.5 Å². The van der Waals surface area contributed by atoms with Crippen LogP contribution in [0.4, 0.5) is 0 Å². The van der Waals surface area contributed by atoms with Crippen molar-refractivity contribution in [3.05, 3.63) is 10.0 Å². The van der Waals surface area contributed by atoms with E-state index in [-0.39, 0.29) is 0 Å². The van der Waals surface area contributed by atoms with Crippen LogP contribution in [-0.4, -0.2) is 28.7 Å². The van der Waals surface area contributed by atoms with Crippen molar-refractivity contribution in [3.8, 4) is 0 Å². The Balaban J connectivity index is 2.50. The largest absolute Gasteiger partial charge is 0.300 e. The Labute approximate surface area is 71.1 Å². The van der Waals surface area contributed by atoms with Crippen LogP contribution in [0.1, 0.15) is 16.9 Å². The monoisotopic (exact) mass is 171 g/mol. The van der Waals surface area contributed by atoms with Crippen LogP contribution >= 0.6 is 11.3 Å². The molecule has 62 valence electrons. The standard InChI is InChI=1S/C7H13N3S/c1-4-10(3)5-7-9-8-6(2)11-7/h4-5H2,1-3H3. The SMILES string of the molecule is CCN(C)Cc1nnc(C)s1. The molecule has 0 atom stereocenters. The third-order valence-corrected chi connectivity index (χ3v) is 2.34. The van der Waals surface area contributed by atoms with E-state index in [4.69, 9.17) is 0 Å². The Morgan fingerprint density at radius 2 is 2.18 bits per heavy atom. The van der Waals surface area contributed by atoms with Crippen molar-refractivity contribution in [1.29, 1.82) is 0 Å². The highest BCUT2D eigenvalue weighted by Gasteiger charge is 2.01. The summed E-state index contributed by atoms with van der Waals surface area (Å²) < 4.78 is 0. The zero-order valence-electron chi connectivity index (χ0n) is 7.16. The smallest absolute Gasteiger partial charge is 0.131 e. The second-order valence-corrected chi connectivity index (χ2v) is 3.81. The normalized spacial score (nSPS) is 10.9. The highest BCUT2D eigenvalue weighted by molar-refractivity contribution is 7.11. The molecule has 0 spiro atoms. The fraction of sp³-hybridized carbons (Fsp3) is 0.714. The first-order chi connectivity index (χ1) is 5.22. The molecule has 0 aromatic carbocycles. The van der Waals surface area contributed by atoms with Crippen molar-refractivity contribution in [2.24, 2.45) is 0 Å². The van der Waals surface area contributed by atoms with Crippen molar-refractivity contribution in [2.45, 2.75) is 20.4 Å². The van der Waals surface area contributed by atoms with Gasteiger partial charge in [0.25, 0.3) is 0 Å². The van der Waals surface area contributed by atoms with Crippen molar-refractivity contribution < 1.29 is 0 Å². The van der Waals surface area contributed by atoms with Crippen molar-refractivity contribution in [2.75, 3.05) is 13.6 Å². The molecule has 4 heteroatoms. The molecular weight excluding hydrogens is 158 g/mol. The lowest BCUT2D eigenvalue weighted by atomic mass is 10.5. The van der Waals surface area contributed by atoms with Crippen molar-refractivity contribution in [1.82, 2.24) is 15.1 Å². The third kappa shape index (κ3) is 2.55. The summed E-state index contributed by atoms with van der Waals surface area (Å²) in [6.07, 6.45) is 0. The van der Waals surface area contributed by atoms with Gasteiger partial charge in [-0.15, -0.1) is 21.5 Å². The molecule has 0 fully saturated rings. The number of nitrogens with zero attached hydrogens (tertiary/aromatic N) is 3. The molecule has 0 amide bonds. The number of hydrogen-bond donors (Lipinski definition) is 0. The van der Waals surface area contributed by atoms with Crippen LogP contribution in [0.5, 0.6) is 0 Å². The maximum absolute atomic E-state index is 4.03. The molecule has 1 rings (SSSR count). The van der Waals surface area contributed by atoms with Gasteiger partial charge in [0.05, 0.1) is 6.54 Å². The van der Waals surface area contributed by atoms with Crippen molar-refractivity contribution >= 4 is 11.3 Å². The molecule has 0 bridgehead atoms. The lowest BCUT2D eigenvalue weighted by Gasteiger charge is -2.09. The highest BCUT2D eigenvalue weighted by atomic mass is 32.1. The highest BCUT2D eigenvalue weighted by Crippen LogP contribution is 2.09. The summed E-state index contributed by atoms with van der Waals surface area (Å²) in [7, 11) is 2.08. The number of rotatable bonds is 3. The number of aromatic nitrogens is 2. The van der Waals surface area contributed by atoms with Crippen LogP contribution in [0.25, 0.3) is 0 Å². The van der Waals surface area contributed by atoms with E-state index in [0.29, 0.717) is 0 Å². The molecule has 11 heavy (non-hydrogen) atoms. The van der Waals surface area contributed by atoms with E-state index in [1.165, 1.54) is 0 Å². The van der Waals surface area contributed by atoms with Crippen LogP contribution < -0.4 is 0 Å². The predicted octanol–water partition coefficient (Wildman–Crippen LogP) is 1.30. The molecule has 0 aliphatic rings. The van der Waals surface area contributed by atoms with E-state index < -0.39 is 0 Å². The Hall–Kier alpha value is -0.480. The summed E-state index contributed by atoms with van der Waals surface area (Å²) in [5.74, 6) is 0. The number of hydrogen-bond acceptors (Lipinski definition) is 4. The molecule has 0 unspecified atom stereocenters. The van der Waals surface area contributed by atoms with Gasteiger partial charge >= 0.3 is 0 Å². The first kappa shape index (κ1) is 8.62. The quantitative estimate of drug-likeness (QED) is 0.686. The molecule has 0 aliphatic heterocycles. The van der Waals surface area contributed by atoms with E-state index in [9.17, 15) is 0 Å². The molecule has 0 aliphatic carbocycles. The van der Waals surface area contributed by atoms with Gasteiger partial charge in [0.2, 0.25) is 0 Å². The van der Waals surface area contributed by atoms with E-state index in [2.05, 4.69) is 29.1 Å². The summed E-state index contributed by atoms with van der Waals surface area (Å²) in [6, 6.07) is 0. The average molecular weight is 171 g/mol. The van der Waals surface area contributed by atoms with Gasteiger partial charge in [0, 0.05) is 0 Å². The van der Waals surface area contributed by atoms with E-state index in [1.807, 2.05) is 6.92 Å². The van der Waals surface area contributed by atoms with Crippen LogP contribution in [0, 0.1) is 6.92 Å². The maximum atomic E-state index is 4.03. The van der Waals surface area contributed by atoms with Gasteiger partial charge in [-0.25, -0.2) is 0 Å². The summed E-state index contributed by atoms with van der Waals surface area (Å²) >= 11 is 1.67. The third-order valence-electron chi connectivity index (χ3n) is 1.51. The molecule has 1 aromatic rings. The predicted molar refractivity (Wildman–Crippen MR) is 46.7 cm³/mol. The van der Waals surface area contributed by atoms with Crippen LogP contribution in [0.3, 0.4) is 0 Å². The van der Waals surface area contributed by atoms with E-state index in [1.54, 1.807) is 11.3 Å². The zero-order chi connectivity index (χ0) is 8.27. The fourth-order valence-corrected chi connectivity index (χ4v) is 1.53. The summed E-state index contributed by atoms with van der Waals surface area (Å²) in [6.45, 7) is 6.08. The number of aryl methyl sites for hydroxylation is 1. The maximum Gasteiger partial charge on any atom is 0.131 e. The van der Waals surface area contributed by atoms with Gasteiger partial charge in [0.1, 0.15) is 10.0 Å². The van der Waals surface area contributed by atoms with Crippen LogP contribution in [0.2, 0.25) is 0 Å². The van der Waals surface area contributed by atoms with Crippen molar-refractivity contribution in [3.63, 3.8) is 0 Å². The molecule has 0 saturated carbocycles. The lowest BCUT2D eigenvalue weighted by Crippen LogP contribution is -2.16. The minimum absolute atomic E-state index is 0.919. The van der Waals surface area contributed by atoms with Crippen LogP contribution in [-0.2, 0) is 6.54 Å². The van der Waals surface area contributed by atoms with Crippen LogP contribution in [0.15, 0.2) is 0 Å². The Morgan fingerprint density at radius 1 is 1.45 bits per heavy atom. The summed E-state index contributed by atoms with van der Waals surface area (Å²) in [5, 5.41) is 10.1. The van der Waals surface area contributed by atoms with Gasteiger partial charge in [0.15, 0.2) is 0 Å². The zero-order valence-corrected chi connectivity index (χ0v) is 7.98. The summed E-state index contributed by atoms with van der Waals surface area (Å²) in [5.41, 5.74) is 0. The Kier molecular flexibility index (Phi) is 2.96. The van der Waals surface area contributed by atoms with E-state index in [0.717, 1.165) is 23.1 Å². The molecule has 1 heterocycles. The van der Waals surface area contributed by atoms with Gasteiger partial charge in [-0.1, -0.05) is 6.92 Å². The first-order valence-corrected chi connectivity index (χ1v) is 4.51. The fourth-order valence-electron chi connectivity index (χ4n) is 0.744. The van der Waals surface area contributed by atoms with E-state index >= 15 is 0 Å². The first-order valence-electron chi connectivity index (χ1n) is 3.70. The summed E-state index contributed by atoms with van der Waals surface area (Å²) in [4.78, 5) is 2.21. The Bertz CT molecular complexity index is 221. The van der Waals surface area contributed by atoms with Gasteiger partial charge < -0.3 is 0 Å². The molecule has 0 saturated heterocycles.